The first-order valence-corrected chi connectivity index (χ1v) is 6.39. The van der Waals surface area contributed by atoms with Gasteiger partial charge in [0.15, 0.2) is 0 Å². The Morgan fingerprint density at radius 2 is 2.00 bits per heavy atom. The van der Waals surface area contributed by atoms with Crippen molar-refractivity contribution in [2.24, 2.45) is 0 Å². The summed E-state index contributed by atoms with van der Waals surface area (Å²) in [7, 11) is 0. The van der Waals surface area contributed by atoms with Crippen molar-refractivity contribution >= 4 is 5.91 Å². The van der Waals surface area contributed by atoms with Gasteiger partial charge >= 0.3 is 0 Å². The Kier molecular flexibility index (Phi) is 4.91. The summed E-state index contributed by atoms with van der Waals surface area (Å²) in [6.07, 6.45) is 0. The van der Waals surface area contributed by atoms with Crippen LogP contribution in [0.3, 0.4) is 0 Å². The number of hydrogen-bond acceptors (Lipinski definition) is 2. The highest BCUT2D eigenvalue weighted by Gasteiger charge is 2.18. The summed E-state index contributed by atoms with van der Waals surface area (Å²) in [6.45, 7) is 10.6. The van der Waals surface area contributed by atoms with Crippen molar-refractivity contribution in [3.8, 4) is 0 Å². The number of amides is 1. The van der Waals surface area contributed by atoms with E-state index in [9.17, 15) is 4.79 Å². The van der Waals surface area contributed by atoms with Crippen molar-refractivity contribution in [1.82, 2.24) is 10.6 Å². The van der Waals surface area contributed by atoms with Gasteiger partial charge in [-0.2, -0.15) is 0 Å². The molecule has 1 atom stereocenters. The molecule has 1 aromatic carbocycles. The van der Waals surface area contributed by atoms with Gasteiger partial charge in [0.1, 0.15) is 0 Å². The van der Waals surface area contributed by atoms with Crippen molar-refractivity contribution < 1.29 is 4.79 Å². The van der Waals surface area contributed by atoms with Crippen LogP contribution in [0.2, 0.25) is 0 Å². The Bertz CT molecular complexity index is 407. The van der Waals surface area contributed by atoms with Crippen LogP contribution in [0.5, 0.6) is 0 Å². The lowest BCUT2D eigenvalue weighted by Gasteiger charge is -2.23. The second-order valence-electron chi connectivity index (χ2n) is 5.83. The van der Waals surface area contributed by atoms with Crippen LogP contribution in [0.15, 0.2) is 24.3 Å². The molecule has 18 heavy (non-hydrogen) atoms. The SMILES string of the molecule is Cc1cccc(CNC(C)C(=O)NC(C)(C)C)c1. The number of benzene rings is 1. The first-order valence-electron chi connectivity index (χ1n) is 6.39. The molecule has 0 aliphatic rings. The lowest BCUT2D eigenvalue weighted by atomic mass is 10.1. The van der Waals surface area contributed by atoms with E-state index in [1.54, 1.807) is 0 Å². The molecule has 0 saturated carbocycles. The third-order valence-corrected chi connectivity index (χ3v) is 2.59. The highest BCUT2D eigenvalue weighted by atomic mass is 16.2. The summed E-state index contributed by atoms with van der Waals surface area (Å²) in [5.74, 6) is 0.0372. The van der Waals surface area contributed by atoms with Crippen LogP contribution < -0.4 is 10.6 Å². The fraction of sp³-hybridized carbons (Fsp3) is 0.533. The van der Waals surface area contributed by atoms with Gasteiger partial charge in [-0.05, 0) is 40.2 Å². The van der Waals surface area contributed by atoms with Crippen LogP contribution in [0.25, 0.3) is 0 Å². The molecular weight excluding hydrogens is 224 g/mol. The highest BCUT2D eigenvalue weighted by molar-refractivity contribution is 5.81. The van der Waals surface area contributed by atoms with Gasteiger partial charge in [-0.15, -0.1) is 0 Å². The third-order valence-electron chi connectivity index (χ3n) is 2.59. The summed E-state index contributed by atoms with van der Waals surface area (Å²) in [5, 5.41) is 6.20. The molecule has 0 bridgehead atoms. The van der Waals surface area contributed by atoms with Crippen LogP contribution in [-0.4, -0.2) is 17.5 Å². The monoisotopic (exact) mass is 248 g/mol. The molecule has 1 amide bonds. The lowest BCUT2D eigenvalue weighted by Crippen LogP contribution is -2.49. The molecule has 1 unspecified atom stereocenters. The molecule has 0 radical (unpaired) electrons. The fourth-order valence-corrected chi connectivity index (χ4v) is 1.66. The summed E-state index contributed by atoms with van der Waals surface area (Å²) in [5.41, 5.74) is 2.25. The standard InChI is InChI=1S/C15H24N2O/c1-11-7-6-8-13(9-11)10-16-12(2)14(18)17-15(3,4)5/h6-9,12,16H,10H2,1-5H3,(H,17,18). The lowest BCUT2D eigenvalue weighted by molar-refractivity contribution is -0.124. The van der Waals surface area contributed by atoms with E-state index in [2.05, 4.69) is 35.8 Å². The Balaban J connectivity index is 2.46. The Morgan fingerprint density at radius 1 is 1.33 bits per heavy atom. The van der Waals surface area contributed by atoms with E-state index in [0.717, 1.165) is 0 Å². The summed E-state index contributed by atoms with van der Waals surface area (Å²) >= 11 is 0. The van der Waals surface area contributed by atoms with E-state index in [1.165, 1.54) is 11.1 Å². The molecule has 0 aliphatic carbocycles. The molecule has 3 nitrogen and oxygen atoms in total. The summed E-state index contributed by atoms with van der Waals surface area (Å²) in [6, 6.07) is 8.10. The normalized spacial score (nSPS) is 13.2. The highest BCUT2D eigenvalue weighted by Crippen LogP contribution is 2.04. The van der Waals surface area contributed by atoms with Crippen molar-refractivity contribution in [2.45, 2.75) is 52.7 Å². The fourth-order valence-electron chi connectivity index (χ4n) is 1.66. The second-order valence-corrected chi connectivity index (χ2v) is 5.83. The second kappa shape index (κ2) is 6.01. The number of carbonyl (C=O) groups excluding carboxylic acids is 1. The smallest absolute Gasteiger partial charge is 0.237 e. The predicted octanol–water partition coefficient (Wildman–Crippen LogP) is 2.39. The largest absolute Gasteiger partial charge is 0.350 e. The predicted molar refractivity (Wildman–Crippen MR) is 75.4 cm³/mol. The van der Waals surface area contributed by atoms with E-state index in [1.807, 2.05) is 33.8 Å². The van der Waals surface area contributed by atoms with E-state index >= 15 is 0 Å². The molecule has 1 rings (SSSR count). The Labute approximate surface area is 110 Å². The summed E-state index contributed by atoms with van der Waals surface area (Å²) < 4.78 is 0. The zero-order valence-corrected chi connectivity index (χ0v) is 12.0. The van der Waals surface area contributed by atoms with E-state index in [-0.39, 0.29) is 17.5 Å². The molecule has 3 heteroatoms. The van der Waals surface area contributed by atoms with Crippen molar-refractivity contribution in [3.05, 3.63) is 35.4 Å². The molecular formula is C15H24N2O. The quantitative estimate of drug-likeness (QED) is 0.859. The van der Waals surface area contributed by atoms with Gasteiger partial charge in [-0.25, -0.2) is 0 Å². The van der Waals surface area contributed by atoms with Gasteiger partial charge in [-0.3, -0.25) is 4.79 Å². The van der Waals surface area contributed by atoms with Crippen molar-refractivity contribution in [3.63, 3.8) is 0 Å². The molecule has 0 aromatic heterocycles. The minimum Gasteiger partial charge on any atom is -0.350 e. The minimum absolute atomic E-state index is 0.0372. The van der Waals surface area contributed by atoms with Crippen LogP contribution in [0.1, 0.15) is 38.8 Å². The Hall–Kier alpha value is -1.35. The first-order chi connectivity index (χ1) is 8.28. The van der Waals surface area contributed by atoms with Crippen molar-refractivity contribution in [1.29, 1.82) is 0 Å². The van der Waals surface area contributed by atoms with Crippen LogP contribution >= 0.6 is 0 Å². The molecule has 2 N–H and O–H groups in total. The van der Waals surface area contributed by atoms with Gasteiger partial charge in [0, 0.05) is 12.1 Å². The van der Waals surface area contributed by atoms with Crippen LogP contribution in [-0.2, 0) is 11.3 Å². The zero-order valence-electron chi connectivity index (χ0n) is 12.0. The van der Waals surface area contributed by atoms with Crippen LogP contribution in [0, 0.1) is 6.92 Å². The minimum atomic E-state index is -0.190. The molecule has 0 aliphatic heterocycles. The third kappa shape index (κ3) is 5.32. The number of hydrogen-bond donors (Lipinski definition) is 2. The first kappa shape index (κ1) is 14.7. The van der Waals surface area contributed by atoms with E-state index < -0.39 is 0 Å². The molecule has 0 spiro atoms. The maximum Gasteiger partial charge on any atom is 0.237 e. The molecule has 100 valence electrons. The number of rotatable bonds is 4. The molecule has 0 fully saturated rings. The maximum absolute atomic E-state index is 11.9. The van der Waals surface area contributed by atoms with Gasteiger partial charge < -0.3 is 10.6 Å². The van der Waals surface area contributed by atoms with E-state index in [0.29, 0.717) is 6.54 Å². The maximum atomic E-state index is 11.9. The number of carbonyl (C=O) groups is 1. The molecule has 1 aromatic rings. The topological polar surface area (TPSA) is 41.1 Å². The van der Waals surface area contributed by atoms with Gasteiger partial charge in [-0.1, -0.05) is 29.8 Å². The Morgan fingerprint density at radius 3 is 2.56 bits per heavy atom. The molecule has 0 heterocycles. The van der Waals surface area contributed by atoms with E-state index in [4.69, 9.17) is 0 Å². The average Bonchev–Trinajstić information content (AvgIpc) is 2.23. The van der Waals surface area contributed by atoms with Crippen LogP contribution in [0.4, 0.5) is 0 Å². The van der Waals surface area contributed by atoms with Gasteiger partial charge in [0.25, 0.3) is 0 Å². The van der Waals surface area contributed by atoms with Crippen molar-refractivity contribution in [2.75, 3.05) is 0 Å². The average molecular weight is 248 g/mol. The molecule has 0 saturated heterocycles. The number of nitrogens with one attached hydrogen (secondary N) is 2. The number of aryl methyl sites for hydroxylation is 1. The zero-order chi connectivity index (χ0) is 13.8. The van der Waals surface area contributed by atoms with Gasteiger partial charge in [0.2, 0.25) is 5.91 Å². The van der Waals surface area contributed by atoms with Gasteiger partial charge in [0.05, 0.1) is 6.04 Å². The summed E-state index contributed by atoms with van der Waals surface area (Å²) in [4.78, 5) is 11.9.